The van der Waals surface area contributed by atoms with Crippen molar-refractivity contribution >= 4 is 21.7 Å². The standard InChI is InChI=1S/C19H24N2O4S/c1-15-14-16(19(22)25-3)10-11-18(15)26(23,24)20-12-7-13-21(2)17-8-5-4-6-9-17/h4-6,8-11,14,20H,7,12-13H2,1-3H3. The quantitative estimate of drug-likeness (QED) is 0.566. The van der Waals surface area contributed by atoms with Crippen molar-refractivity contribution < 1.29 is 17.9 Å². The van der Waals surface area contributed by atoms with E-state index in [0.29, 0.717) is 24.1 Å². The van der Waals surface area contributed by atoms with Crippen molar-refractivity contribution in [3.63, 3.8) is 0 Å². The van der Waals surface area contributed by atoms with Gasteiger partial charge in [-0.1, -0.05) is 18.2 Å². The van der Waals surface area contributed by atoms with E-state index >= 15 is 0 Å². The topological polar surface area (TPSA) is 75.7 Å². The summed E-state index contributed by atoms with van der Waals surface area (Å²) >= 11 is 0. The highest BCUT2D eigenvalue weighted by Crippen LogP contribution is 2.17. The summed E-state index contributed by atoms with van der Waals surface area (Å²) in [4.78, 5) is 13.8. The number of para-hydroxylation sites is 1. The second kappa shape index (κ2) is 8.82. The zero-order chi connectivity index (χ0) is 19.2. The smallest absolute Gasteiger partial charge is 0.337 e. The average Bonchev–Trinajstić information content (AvgIpc) is 2.64. The lowest BCUT2D eigenvalue weighted by atomic mass is 10.1. The van der Waals surface area contributed by atoms with Crippen LogP contribution in [0, 0.1) is 6.92 Å². The molecule has 2 aromatic rings. The van der Waals surface area contributed by atoms with E-state index in [4.69, 9.17) is 0 Å². The minimum Gasteiger partial charge on any atom is -0.465 e. The number of anilines is 1. The Balaban J connectivity index is 1.93. The van der Waals surface area contributed by atoms with E-state index in [1.54, 1.807) is 6.92 Å². The maximum Gasteiger partial charge on any atom is 0.337 e. The maximum atomic E-state index is 12.5. The number of aryl methyl sites for hydroxylation is 1. The summed E-state index contributed by atoms with van der Waals surface area (Å²) in [6.45, 7) is 2.72. The van der Waals surface area contributed by atoms with Crippen LogP contribution in [0.2, 0.25) is 0 Å². The van der Waals surface area contributed by atoms with Gasteiger partial charge in [-0.05, 0) is 49.2 Å². The fourth-order valence-corrected chi connectivity index (χ4v) is 3.91. The van der Waals surface area contributed by atoms with Crippen LogP contribution >= 0.6 is 0 Å². The molecule has 0 radical (unpaired) electrons. The zero-order valence-electron chi connectivity index (χ0n) is 15.2. The zero-order valence-corrected chi connectivity index (χ0v) is 16.0. The summed E-state index contributed by atoms with van der Waals surface area (Å²) in [6.07, 6.45) is 0.671. The molecule has 0 aromatic heterocycles. The minimum atomic E-state index is -3.62. The molecule has 7 heteroatoms. The van der Waals surface area contributed by atoms with Gasteiger partial charge in [0.15, 0.2) is 0 Å². The molecular formula is C19H24N2O4S. The third kappa shape index (κ3) is 5.06. The molecular weight excluding hydrogens is 352 g/mol. The number of benzene rings is 2. The molecule has 0 saturated heterocycles. The van der Waals surface area contributed by atoms with Gasteiger partial charge in [0.05, 0.1) is 17.6 Å². The van der Waals surface area contributed by atoms with Crippen molar-refractivity contribution in [3.05, 3.63) is 59.7 Å². The average molecular weight is 376 g/mol. The second-order valence-corrected chi connectivity index (χ2v) is 7.72. The molecule has 0 saturated carbocycles. The predicted octanol–water partition coefficient (Wildman–Crippen LogP) is 2.59. The number of sulfonamides is 1. The van der Waals surface area contributed by atoms with E-state index in [9.17, 15) is 13.2 Å². The predicted molar refractivity (Wildman–Crippen MR) is 102 cm³/mol. The molecule has 0 amide bonds. The monoisotopic (exact) mass is 376 g/mol. The number of esters is 1. The molecule has 2 aromatic carbocycles. The summed E-state index contributed by atoms with van der Waals surface area (Å²) in [5.74, 6) is -0.492. The molecule has 0 unspecified atom stereocenters. The summed E-state index contributed by atoms with van der Waals surface area (Å²) in [5.41, 5.74) is 1.92. The van der Waals surface area contributed by atoms with Gasteiger partial charge >= 0.3 is 5.97 Å². The number of methoxy groups -OCH3 is 1. The van der Waals surface area contributed by atoms with Crippen molar-refractivity contribution in [1.82, 2.24) is 4.72 Å². The van der Waals surface area contributed by atoms with Gasteiger partial charge in [-0.15, -0.1) is 0 Å². The van der Waals surface area contributed by atoms with Gasteiger partial charge in [-0.3, -0.25) is 0 Å². The van der Waals surface area contributed by atoms with E-state index in [-0.39, 0.29) is 4.90 Å². The van der Waals surface area contributed by atoms with Crippen LogP contribution in [0.4, 0.5) is 5.69 Å². The number of rotatable bonds is 8. The summed E-state index contributed by atoms with van der Waals surface area (Å²) in [5, 5.41) is 0. The van der Waals surface area contributed by atoms with Crippen LogP contribution in [-0.4, -0.2) is 41.6 Å². The highest BCUT2D eigenvalue weighted by Gasteiger charge is 2.18. The Kier molecular flexibility index (Phi) is 6.76. The molecule has 0 aliphatic heterocycles. The molecule has 0 heterocycles. The van der Waals surface area contributed by atoms with Crippen molar-refractivity contribution in [2.75, 3.05) is 32.1 Å². The Bertz CT molecular complexity index is 851. The van der Waals surface area contributed by atoms with E-state index in [0.717, 1.165) is 12.2 Å². The SMILES string of the molecule is COC(=O)c1ccc(S(=O)(=O)NCCCN(C)c2ccccc2)c(C)c1. The first-order chi connectivity index (χ1) is 12.3. The first kappa shape index (κ1) is 19.9. The number of hydrogen-bond donors (Lipinski definition) is 1. The molecule has 0 bridgehead atoms. The molecule has 26 heavy (non-hydrogen) atoms. The second-order valence-electron chi connectivity index (χ2n) is 5.98. The lowest BCUT2D eigenvalue weighted by molar-refractivity contribution is 0.0600. The van der Waals surface area contributed by atoms with Gasteiger partial charge < -0.3 is 9.64 Å². The Morgan fingerprint density at radius 2 is 1.85 bits per heavy atom. The van der Waals surface area contributed by atoms with Crippen molar-refractivity contribution in [1.29, 1.82) is 0 Å². The number of carbonyl (C=O) groups excluding carboxylic acids is 1. The number of nitrogens with one attached hydrogen (secondary N) is 1. The fourth-order valence-electron chi connectivity index (χ4n) is 2.61. The van der Waals surface area contributed by atoms with Crippen LogP contribution in [0.3, 0.4) is 0 Å². The van der Waals surface area contributed by atoms with Gasteiger partial charge in [0.2, 0.25) is 10.0 Å². The van der Waals surface area contributed by atoms with Gasteiger partial charge in [0.1, 0.15) is 0 Å². The van der Waals surface area contributed by atoms with Crippen LogP contribution in [0.25, 0.3) is 0 Å². The van der Waals surface area contributed by atoms with Crippen molar-refractivity contribution in [3.8, 4) is 0 Å². The summed E-state index contributed by atoms with van der Waals surface area (Å²) < 4.78 is 32.2. The van der Waals surface area contributed by atoms with E-state index in [1.165, 1.54) is 25.3 Å². The Morgan fingerprint density at radius 3 is 2.46 bits per heavy atom. The first-order valence-corrected chi connectivity index (χ1v) is 9.78. The van der Waals surface area contributed by atoms with Crippen LogP contribution < -0.4 is 9.62 Å². The van der Waals surface area contributed by atoms with E-state index < -0.39 is 16.0 Å². The molecule has 0 spiro atoms. The number of carbonyl (C=O) groups is 1. The number of nitrogens with zero attached hydrogens (tertiary/aromatic N) is 1. The molecule has 0 atom stereocenters. The molecule has 0 aliphatic rings. The highest BCUT2D eigenvalue weighted by molar-refractivity contribution is 7.89. The Labute approximate surface area is 154 Å². The molecule has 6 nitrogen and oxygen atoms in total. The highest BCUT2D eigenvalue weighted by atomic mass is 32.2. The first-order valence-electron chi connectivity index (χ1n) is 8.30. The van der Waals surface area contributed by atoms with Gasteiger partial charge in [0.25, 0.3) is 0 Å². The molecule has 0 fully saturated rings. The normalized spacial score (nSPS) is 11.2. The van der Waals surface area contributed by atoms with Crippen molar-refractivity contribution in [2.24, 2.45) is 0 Å². The van der Waals surface area contributed by atoms with Gasteiger partial charge in [-0.2, -0.15) is 0 Å². The third-order valence-corrected chi connectivity index (χ3v) is 5.67. The van der Waals surface area contributed by atoms with Gasteiger partial charge in [-0.25, -0.2) is 17.9 Å². The summed E-state index contributed by atoms with van der Waals surface area (Å²) in [7, 11) is -0.364. The van der Waals surface area contributed by atoms with Crippen molar-refractivity contribution in [2.45, 2.75) is 18.2 Å². The number of hydrogen-bond acceptors (Lipinski definition) is 5. The summed E-state index contributed by atoms with van der Waals surface area (Å²) in [6, 6.07) is 14.3. The molecule has 140 valence electrons. The third-order valence-electron chi connectivity index (χ3n) is 4.04. The van der Waals surface area contributed by atoms with E-state index in [2.05, 4.69) is 14.4 Å². The number of ether oxygens (including phenoxy) is 1. The van der Waals surface area contributed by atoms with Gasteiger partial charge in [0, 0.05) is 25.8 Å². The Hall–Kier alpha value is -2.38. The van der Waals surface area contributed by atoms with Crippen LogP contribution in [0.15, 0.2) is 53.4 Å². The lowest BCUT2D eigenvalue weighted by Crippen LogP contribution is -2.28. The maximum absolute atomic E-state index is 12.5. The molecule has 2 rings (SSSR count). The van der Waals surface area contributed by atoms with Crippen LogP contribution in [-0.2, 0) is 14.8 Å². The lowest BCUT2D eigenvalue weighted by Gasteiger charge is -2.19. The Morgan fingerprint density at radius 1 is 1.15 bits per heavy atom. The fraction of sp³-hybridized carbons (Fsp3) is 0.316. The van der Waals surface area contributed by atoms with E-state index in [1.807, 2.05) is 37.4 Å². The largest absolute Gasteiger partial charge is 0.465 e. The minimum absolute atomic E-state index is 0.168. The molecule has 1 N–H and O–H groups in total. The van der Waals surface area contributed by atoms with Crippen LogP contribution in [0.5, 0.6) is 0 Å². The van der Waals surface area contributed by atoms with Crippen LogP contribution in [0.1, 0.15) is 22.3 Å². The molecule has 0 aliphatic carbocycles.